The lowest BCUT2D eigenvalue weighted by Crippen LogP contribution is -2.46. The Bertz CT molecular complexity index is 1370. The van der Waals surface area contributed by atoms with Crippen LogP contribution in [0.5, 0.6) is 0 Å². The first-order chi connectivity index (χ1) is 19.5. The van der Waals surface area contributed by atoms with E-state index in [0.717, 1.165) is 19.3 Å². The lowest BCUT2D eigenvalue weighted by Gasteiger charge is -2.33. The number of hydrogen-bond acceptors (Lipinski definition) is 4. The van der Waals surface area contributed by atoms with E-state index in [1.807, 2.05) is 4.90 Å². The van der Waals surface area contributed by atoms with Gasteiger partial charge in [0.25, 0.3) is 0 Å². The summed E-state index contributed by atoms with van der Waals surface area (Å²) in [5.41, 5.74) is 1.01. The van der Waals surface area contributed by atoms with Gasteiger partial charge in [-0.2, -0.15) is 0 Å². The Kier molecular flexibility index (Phi) is 10.0. The normalized spacial score (nSPS) is 21.5. The van der Waals surface area contributed by atoms with Crippen molar-refractivity contribution in [3.63, 3.8) is 0 Å². The van der Waals surface area contributed by atoms with E-state index in [0.29, 0.717) is 28.9 Å². The average molecular weight is 601 g/mol. The average Bonchev–Trinajstić information content (AvgIpc) is 3.29. The van der Waals surface area contributed by atoms with Gasteiger partial charge in [-0.3, -0.25) is 14.5 Å². The van der Waals surface area contributed by atoms with Gasteiger partial charge in [-0.25, -0.2) is 9.18 Å². The highest BCUT2D eigenvalue weighted by molar-refractivity contribution is 6.31. The molecule has 1 saturated heterocycles. The molecule has 2 aliphatic rings. The van der Waals surface area contributed by atoms with Crippen LogP contribution in [0.2, 0.25) is 5.02 Å². The number of carbonyl (C=O) groups is 3. The third-order valence-corrected chi connectivity index (χ3v) is 8.04. The lowest BCUT2D eigenvalue weighted by molar-refractivity contribution is -0.123. The van der Waals surface area contributed by atoms with Gasteiger partial charge in [0.1, 0.15) is 5.83 Å². The molecule has 2 N–H and O–H groups in total. The molecule has 41 heavy (non-hydrogen) atoms. The molecule has 216 valence electrons. The van der Waals surface area contributed by atoms with E-state index in [9.17, 15) is 19.5 Å². The molecule has 0 aromatic heterocycles. The minimum absolute atomic E-state index is 0.0828. The van der Waals surface area contributed by atoms with Gasteiger partial charge in [-0.1, -0.05) is 48.3 Å². The number of carboxylic acid groups (broad SMARTS) is 1. The van der Waals surface area contributed by atoms with Crippen LogP contribution in [0.3, 0.4) is 0 Å². The number of hydrogen-bond donors (Lipinski definition) is 2. The van der Waals surface area contributed by atoms with Crippen LogP contribution >= 0.6 is 23.2 Å². The quantitative estimate of drug-likeness (QED) is 0.303. The smallest absolute Gasteiger partial charge is 0.335 e. The van der Waals surface area contributed by atoms with Gasteiger partial charge in [0.15, 0.2) is 0 Å². The largest absolute Gasteiger partial charge is 0.478 e. The van der Waals surface area contributed by atoms with E-state index in [-0.39, 0.29) is 23.0 Å². The number of carbonyl (C=O) groups excluding carboxylic acids is 2. The van der Waals surface area contributed by atoms with E-state index >= 15 is 4.39 Å². The minimum atomic E-state index is -1.09. The van der Waals surface area contributed by atoms with Crippen LogP contribution in [0.15, 0.2) is 84.2 Å². The number of halogens is 3. The van der Waals surface area contributed by atoms with Crippen LogP contribution in [-0.4, -0.2) is 54.0 Å². The predicted octanol–water partition coefficient (Wildman–Crippen LogP) is 6.52. The van der Waals surface area contributed by atoms with Crippen molar-refractivity contribution in [2.75, 3.05) is 30.4 Å². The molecule has 1 aliphatic carbocycles. The molecule has 2 fully saturated rings. The van der Waals surface area contributed by atoms with Crippen molar-refractivity contribution in [2.45, 2.75) is 25.3 Å². The van der Waals surface area contributed by atoms with Crippen LogP contribution in [0.1, 0.15) is 29.6 Å². The zero-order valence-corrected chi connectivity index (χ0v) is 24.1. The molecular weight excluding hydrogens is 568 g/mol. The Hall–Kier alpha value is -3.46. The summed E-state index contributed by atoms with van der Waals surface area (Å²) in [6.07, 6.45) is 7.17. The molecule has 0 radical (unpaired) electrons. The number of allylic oxidation sites excluding steroid dienone is 4. The minimum Gasteiger partial charge on any atom is -0.478 e. The number of carboxylic acids is 1. The highest BCUT2D eigenvalue weighted by Gasteiger charge is 2.51. The molecule has 4 rings (SSSR count). The number of rotatable bonds is 10. The van der Waals surface area contributed by atoms with Gasteiger partial charge in [-0.15, -0.1) is 0 Å². The molecule has 2 aromatic rings. The van der Waals surface area contributed by atoms with Gasteiger partial charge in [-0.05, 0) is 73.4 Å². The molecule has 7 nitrogen and oxygen atoms in total. The maximum atomic E-state index is 16.1. The van der Waals surface area contributed by atoms with Crippen molar-refractivity contribution in [3.05, 3.63) is 94.8 Å². The number of nitrogens with zero attached hydrogens (tertiary/aromatic N) is 2. The van der Waals surface area contributed by atoms with Crippen molar-refractivity contribution >= 4 is 52.4 Å². The zero-order chi connectivity index (χ0) is 29.7. The van der Waals surface area contributed by atoms with E-state index in [1.165, 1.54) is 47.4 Å². The van der Waals surface area contributed by atoms with E-state index in [4.69, 9.17) is 23.2 Å². The Morgan fingerprint density at radius 2 is 1.90 bits per heavy atom. The number of amides is 2. The standard InChI is InChI=1S/C31H32Cl2FN3O4/c1-19(32)6-3-11-26(34)27-25(30(39)36(2)24-14-12-21(13-15-24)31(40)41)18-37(17-20-7-4-8-20)28(27)29(38)35-23-10-5-9-22(33)16-23/h3,5-6,9-16,20,25,27-28H,1,4,7-8,17-18H2,2H3,(H,35,38)(H,40,41)/b6-3-,26-11-/t25-,27?,28?/m1/s1. The number of nitrogens with one attached hydrogen (secondary N) is 1. The van der Waals surface area contributed by atoms with Crippen molar-refractivity contribution < 1.29 is 23.9 Å². The zero-order valence-electron chi connectivity index (χ0n) is 22.6. The highest BCUT2D eigenvalue weighted by atomic mass is 35.5. The van der Waals surface area contributed by atoms with Gasteiger partial charge >= 0.3 is 5.97 Å². The highest BCUT2D eigenvalue weighted by Crippen LogP contribution is 2.40. The summed E-state index contributed by atoms with van der Waals surface area (Å²) in [5, 5.41) is 12.7. The van der Waals surface area contributed by atoms with Crippen LogP contribution in [0, 0.1) is 17.8 Å². The second kappa shape index (κ2) is 13.5. The second-order valence-electron chi connectivity index (χ2n) is 10.4. The Labute approximate surface area is 248 Å². The molecule has 1 heterocycles. The summed E-state index contributed by atoms with van der Waals surface area (Å²) in [5.74, 6) is -4.15. The van der Waals surface area contributed by atoms with Crippen molar-refractivity contribution in [1.82, 2.24) is 4.90 Å². The number of anilines is 2. The van der Waals surface area contributed by atoms with Crippen molar-refractivity contribution in [3.8, 4) is 0 Å². The van der Waals surface area contributed by atoms with Gasteiger partial charge in [0, 0.05) is 47.5 Å². The van der Waals surface area contributed by atoms with Crippen molar-refractivity contribution in [2.24, 2.45) is 17.8 Å². The number of aromatic carboxylic acids is 1. The first kappa shape index (κ1) is 30.5. The molecule has 1 aliphatic heterocycles. The van der Waals surface area contributed by atoms with Crippen LogP contribution in [0.25, 0.3) is 0 Å². The molecule has 2 amide bonds. The fraction of sp³-hybridized carbons (Fsp3) is 0.323. The SMILES string of the molecule is C=C(Cl)/C=C\C=C(/F)C1C(C(=O)Nc2cccc(Cl)c2)N(CC2CCC2)C[C@H]1C(=O)N(C)c1ccc(C(=O)O)cc1. The molecule has 0 bridgehead atoms. The monoisotopic (exact) mass is 599 g/mol. The molecule has 2 aromatic carbocycles. The lowest BCUT2D eigenvalue weighted by atomic mass is 9.84. The maximum absolute atomic E-state index is 16.1. The molecular formula is C31H32Cl2FN3O4. The van der Waals surface area contributed by atoms with Gasteiger partial charge < -0.3 is 15.3 Å². The Balaban J connectivity index is 1.70. The summed E-state index contributed by atoms with van der Waals surface area (Å²) in [6.45, 7) is 4.31. The van der Waals surface area contributed by atoms with Gasteiger partial charge in [0.2, 0.25) is 11.8 Å². The molecule has 0 spiro atoms. The summed E-state index contributed by atoms with van der Waals surface area (Å²) in [7, 11) is 1.56. The van der Waals surface area contributed by atoms with E-state index in [2.05, 4.69) is 11.9 Å². The van der Waals surface area contributed by atoms with Gasteiger partial charge in [0.05, 0.1) is 17.5 Å². The van der Waals surface area contributed by atoms with Crippen LogP contribution in [-0.2, 0) is 9.59 Å². The first-order valence-corrected chi connectivity index (χ1v) is 14.1. The van der Waals surface area contributed by atoms with Crippen LogP contribution in [0.4, 0.5) is 15.8 Å². The van der Waals surface area contributed by atoms with Crippen LogP contribution < -0.4 is 10.2 Å². The first-order valence-electron chi connectivity index (χ1n) is 13.3. The Morgan fingerprint density at radius 1 is 1.20 bits per heavy atom. The second-order valence-corrected chi connectivity index (χ2v) is 11.4. The fourth-order valence-electron chi connectivity index (χ4n) is 5.37. The number of benzene rings is 2. The predicted molar refractivity (Wildman–Crippen MR) is 160 cm³/mol. The van der Waals surface area contributed by atoms with E-state index < -0.39 is 35.6 Å². The third kappa shape index (κ3) is 7.44. The summed E-state index contributed by atoms with van der Waals surface area (Å²) in [6, 6.07) is 11.6. The fourth-order valence-corrected chi connectivity index (χ4v) is 5.63. The topological polar surface area (TPSA) is 90.0 Å². The van der Waals surface area contributed by atoms with Crippen molar-refractivity contribution in [1.29, 1.82) is 0 Å². The summed E-state index contributed by atoms with van der Waals surface area (Å²) in [4.78, 5) is 42.3. The molecule has 2 unspecified atom stereocenters. The Morgan fingerprint density at radius 3 is 2.49 bits per heavy atom. The molecule has 3 atom stereocenters. The third-order valence-electron chi connectivity index (χ3n) is 7.68. The molecule has 10 heteroatoms. The maximum Gasteiger partial charge on any atom is 0.335 e. The van der Waals surface area contributed by atoms with E-state index in [1.54, 1.807) is 31.3 Å². The summed E-state index contributed by atoms with van der Waals surface area (Å²) >= 11 is 11.9. The molecule has 1 saturated carbocycles. The summed E-state index contributed by atoms with van der Waals surface area (Å²) < 4.78 is 16.1. The number of likely N-dealkylation sites (tertiary alicyclic amines) is 1.